The molecule has 2 N–H and O–H groups in total. The fourth-order valence-electron chi connectivity index (χ4n) is 3.87. The normalized spacial score (nSPS) is 18.7. The van der Waals surface area contributed by atoms with E-state index >= 15 is 0 Å². The molecule has 1 aliphatic carbocycles. The molecule has 0 bridgehead atoms. The van der Waals surface area contributed by atoms with Crippen LogP contribution in [0.25, 0.3) is 11.1 Å². The van der Waals surface area contributed by atoms with Gasteiger partial charge in [-0.15, -0.1) is 0 Å². The average molecular weight is 304 g/mol. The fourth-order valence-corrected chi connectivity index (χ4v) is 3.87. The highest BCUT2D eigenvalue weighted by molar-refractivity contribution is 5.81. The second-order valence-electron chi connectivity index (χ2n) is 6.59. The zero-order valence-electron chi connectivity index (χ0n) is 13.3. The molecule has 2 heteroatoms. The number of fused-ring (bicyclic) bond motifs is 3. The van der Waals surface area contributed by atoms with E-state index in [1.807, 2.05) is 36.4 Å². The van der Waals surface area contributed by atoms with E-state index in [2.05, 4.69) is 24.0 Å². The summed E-state index contributed by atoms with van der Waals surface area (Å²) < 4.78 is 0. The standard InChI is InChI=1S/C21H21NO/c23-21(13-8-16-22-14-6-1-7-15-22)19-11-4-2-9-17(19)18-10-3-5-12-20(18)21/h2-5,9-12,23H,1,6-7,14-16H2/p+1. The summed E-state index contributed by atoms with van der Waals surface area (Å²) in [6, 6.07) is 16.1. The van der Waals surface area contributed by atoms with E-state index < -0.39 is 5.60 Å². The lowest BCUT2D eigenvalue weighted by molar-refractivity contribution is -0.897. The van der Waals surface area contributed by atoms with Crippen LogP contribution in [0.5, 0.6) is 0 Å². The summed E-state index contributed by atoms with van der Waals surface area (Å²) in [7, 11) is 0. The van der Waals surface area contributed by atoms with Crippen molar-refractivity contribution in [3.63, 3.8) is 0 Å². The number of aliphatic hydroxyl groups is 1. The van der Waals surface area contributed by atoms with Crippen molar-refractivity contribution in [1.29, 1.82) is 0 Å². The Morgan fingerprint density at radius 2 is 1.43 bits per heavy atom. The zero-order valence-corrected chi connectivity index (χ0v) is 13.3. The molecule has 2 nitrogen and oxygen atoms in total. The Balaban J connectivity index is 1.69. The Bertz CT molecular complexity index is 732. The Kier molecular flexibility index (Phi) is 3.69. The lowest BCUT2D eigenvalue weighted by Crippen LogP contribution is -3.12. The molecule has 1 saturated heterocycles. The molecular weight excluding hydrogens is 282 g/mol. The molecular formula is C21H22NO+. The molecule has 4 rings (SSSR count). The minimum atomic E-state index is -1.16. The molecule has 0 amide bonds. The first-order valence-corrected chi connectivity index (χ1v) is 8.54. The van der Waals surface area contributed by atoms with Crippen LogP contribution in [0.1, 0.15) is 30.4 Å². The largest absolute Gasteiger partial charge is 0.369 e. The molecule has 2 aliphatic rings. The van der Waals surface area contributed by atoms with Gasteiger partial charge in [0.25, 0.3) is 0 Å². The van der Waals surface area contributed by atoms with Crippen molar-refractivity contribution in [1.82, 2.24) is 0 Å². The first-order chi connectivity index (χ1) is 11.3. The van der Waals surface area contributed by atoms with Crippen LogP contribution in [0, 0.1) is 11.8 Å². The topological polar surface area (TPSA) is 24.7 Å². The van der Waals surface area contributed by atoms with E-state index in [-0.39, 0.29) is 0 Å². The molecule has 116 valence electrons. The molecule has 0 saturated carbocycles. The third-order valence-corrected chi connectivity index (χ3v) is 5.09. The van der Waals surface area contributed by atoms with Gasteiger partial charge < -0.3 is 10.0 Å². The number of rotatable bonds is 1. The Hall–Kier alpha value is -2.08. The van der Waals surface area contributed by atoms with Crippen molar-refractivity contribution in [3.05, 3.63) is 59.7 Å². The van der Waals surface area contributed by atoms with Gasteiger partial charge >= 0.3 is 0 Å². The summed E-state index contributed by atoms with van der Waals surface area (Å²) in [4.78, 5) is 1.55. The minimum Gasteiger partial charge on any atom is -0.369 e. The Morgan fingerprint density at radius 1 is 0.870 bits per heavy atom. The van der Waals surface area contributed by atoms with Gasteiger partial charge in [0, 0.05) is 11.1 Å². The number of piperidine rings is 1. The van der Waals surface area contributed by atoms with Crippen molar-refractivity contribution >= 4 is 0 Å². The number of quaternary nitrogens is 1. The van der Waals surface area contributed by atoms with Gasteiger partial charge in [0.15, 0.2) is 5.60 Å². The third-order valence-electron chi connectivity index (χ3n) is 5.09. The van der Waals surface area contributed by atoms with Crippen LogP contribution in [0.4, 0.5) is 0 Å². The van der Waals surface area contributed by atoms with Crippen molar-refractivity contribution in [3.8, 4) is 23.0 Å². The van der Waals surface area contributed by atoms with Crippen LogP contribution in [-0.2, 0) is 5.60 Å². The Labute approximate surface area is 137 Å². The van der Waals surface area contributed by atoms with E-state index in [1.54, 1.807) is 4.90 Å². The van der Waals surface area contributed by atoms with Gasteiger partial charge in [0.1, 0.15) is 6.54 Å². The molecule has 0 atom stereocenters. The van der Waals surface area contributed by atoms with Crippen LogP contribution in [0.2, 0.25) is 0 Å². The van der Waals surface area contributed by atoms with Gasteiger partial charge in [-0.2, -0.15) is 0 Å². The monoisotopic (exact) mass is 304 g/mol. The van der Waals surface area contributed by atoms with E-state index in [0.29, 0.717) is 0 Å². The maximum atomic E-state index is 11.3. The van der Waals surface area contributed by atoms with Crippen LogP contribution >= 0.6 is 0 Å². The Morgan fingerprint density at radius 3 is 2.04 bits per heavy atom. The predicted molar refractivity (Wildman–Crippen MR) is 92.1 cm³/mol. The molecule has 0 radical (unpaired) electrons. The summed E-state index contributed by atoms with van der Waals surface area (Å²) in [6.45, 7) is 3.24. The quantitative estimate of drug-likeness (QED) is 0.774. The highest BCUT2D eigenvalue weighted by Gasteiger charge is 2.39. The van der Waals surface area contributed by atoms with Gasteiger partial charge in [0.2, 0.25) is 0 Å². The summed E-state index contributed by atoms with van der Waals surface area (Å²) in [6.07, 6.45) is 3.95. The molecule has 2 aromatic rings. The van der Waals surface area contributed by atoms with Crippen LogP contribution in [-0.4, -0.2) is 24.7 Å². The molecule has 1 heterocycles. The first kappa shape index (κ1) is 14.5. The van der Waals surface area contributed by atoms with Crippen LogP contribution in [0.3, 0.4) is 0 Å². The number of nitrogens with one attached hydrogen (secondary N) is 1. The molecule has 23 heavy (non-hydrogen) atoms. The molecule has 1 aliphatic heterocycles. The van der Waals surface area contributed by atoms with Crippen LogP contribution in [0.15, 0.2) is 48.5 Å². The van der Waals surface area contributed by atoms with E-state index in [9.17, 15) is 5.11 Å². The highest BCUT2D eigenvalue weighted by atomic mass is 16.3. The SMILES string of the molecule is OC1(C#CC[NH+]2CCCCC2)c2ccccc2-c2ccccc21. The molecule has 0 spiro atoms. The van der Waals surface area contributed by atoms with Crippen LogP contribution < -0.4 is 4.90 Å². The minimum absolute atomic E-state index is 0.826. The van der Waals surface area contributed by atoms with E-state index in [4.69, 9.17) is 0 Å². The molecule has 0 aromatic heterocycles. The van der Waals surface area contributed by atoms with Gasteiger partial charge in [-0.25, -0.2) is 0 Å². The van der Waals surface area contributed by atoms with Crippen molar-refractivity contribution < 1.29 is 10.0 Å². The van der Waals surface area contributed by atoms with Gasteiger partial charge in [-0.1, -0.05) is 54.5 Å². The summed E-state index contributed by atoms with van der Waals surface area (Å²) in [5.41, 5.74) is 2.88. The second-order valence-corrected chi connectivity index (χ2v) is 6.59. The lowest BCUT2D eigenvalue weighted by atomic mass is 9.92. The smallest absolute Gasteiger partial charge is 0.178 e. The summed E-state index contributed by atoms with van der Waals surface area (Å²) >= 11 is 0. The van der Waals surface area contributed by atoms with E-state index in [0.717, 1.165) is 28.8 Å². The summed E-state index contributed by atoms with van der Waals surface area (Å²) in [5, 5.41) is 11.3. The summed E-state index contributed by atoms with van der Waals surface area (Å²) in [5.74, 6) is 6.48. The maximum absolute atomic E-state index is 11.3. The van der Waals surface area contributed by atoms with Crippen molar-refractivity contribution in [2.45, 2.75) is 24.9 Å². The van der Waals surface area contributed by atoms with Crippen molar-refractivity contribution in [2.75, 3.05) is 19.6 Å². The number of hydrogen-bond donors (Lipinski definition) is 2. The van der Waals surface area contributed by atoms with E-state index in [1.165, 1.54) is 32.4 Å². The third kappa shape index (κ3) is 2.47. The number of likely N-dealkylation sites (tertiary alicyclic amines) is 1. The van der Waals surface area contributed by atoms with Gasteiger partial charge in [-0.05, 0) is 36.3 Å². The zero-order chi connectivity index (χ0) is 15.7. The maximum Gasteiger partial charge on any atom is 0.178 e. The van der Waals surface area contributed by atoms with Gasteiger partial charge in [0.05, 0.1) is 13.1 Å². The fraction of sp³-hybridized carbons (Fsp3) is 0.333. The molecule has 0 unspecified atom stereocenters. The first-order valence-electron chi connectivity index (χ1n) is 8.54. The lowest BCUT2D eigenvalue weighted by Gasteiger charge is -2.22. The number of benzene rings is 2. The predicted octanol–water partition coefficient (Wildman–Crippen LogP) is 1.98. The molecule has 2 aromatic carbocycles. The molecule has 1 fully saturated rings. The van der Waals surface area contributed by atoms with Gasteiger partial charge in [-0.3, -0.25) is 0 Å². The average Bonchev–Trinajstić information content (AvgIpc) is 2.86. The second kappa shape index (κ2) is 5.85. The van der Waals surface area contributed by atoms with Crippen molar-refractivity contribution in [2.24, 2.45) is 0 Å². The number of hydrogen-bond acceptors (Lipinski definition) is 1. The highest BCUT2D eigenvalue weighted by Crippen LogP contribution is 2.46.